The summed E-state index contributed by atoms with van der Waals surface area (Å²) in [6.07, 6.45) is 2.44. The van der Waals surface area contributed by atoms with Crippen LogP contribution in [0.5, 0.6) is 0 Å². The molecular weight excluding hydrogens is 402 g/mol. The Morgan fingerprint density at radius 3 is 2.57 bits per heavy atom. The number of piperidine rings is 1. The van der Waals surface area contributed by atoms with E-state index < -0.39 is 22.7 Å². The van der Waals surface area contributed by atoms with Gasteiger partial charge in [-0.15, -0.1) is 0 Å². The van der Waals surface area contributed by atoms with Crippen LogP contribution in [0.25, 0.3) is 16.3 Å². The summed E-state index contributed by atoms with van der Waals surface area (Å²) in [6.45, 7) is 1.29. The zero-order chi connectivity index (χ0) is 21.6. The van der Waals surface area contributed by atoms with Crippen LogP contribution in [0.15, 0.2) is 41.8 Å². The minimum atomic E-state index is -3.87. The average molecular weight is 430 g/mol. The smallest absolute Gasteiger partial charge is 0.234 e. The van der Waals surface area contributed by atoms with Crippen molar-refractivity contribution >= 4 is 32.1 Å². The molecule has 0 bridgehead atoms. The molecule has 0 radical (unpaired) electrons. The first kappa shape index (κ1) is 22.2. The molecule has 1 saturated heterocycles. The number of rotatable bonds is 8. The van der Waals surface area contributed by atoms with E-state index in [4.69, 9.17) is 10.4 Å². The summed E-state index contributed by atoms with van der Waals surface area (Å²) < 4.78 is 26.8. The van der Waals surface area contributed by atoms with Crippen LogP contribution in [0.4, 0.5) is 5.69 Å². The van der Waals surface area contributed by atoms with Crippen molar-refractivity contribution < 1.29 is 18.6 Å². The summed E-state index contributed by atoms with van der Waals surface area (Å²) in [5.74, 6) is 0. The molecule has 0 saturated carbocycles. The average Bonchev–Trinajstić information content (AvgIpc) is 2.77. The van der Waals surface area contributed by atoms with Gasteiger partial charge in [0.2, 0.25) is 10.0 Å². The Morgan fingerprint density at radius 1 is 1.17 bits per heavy atom. The zero-order valence-corrected chi connectivity index (χ0v) is 17.6. The van der Waals surface area contributed by atoms with Crippen LogP contribution in [0.3, 0.4) is 0 Å². The third kappa shape index (κ3) is 5.80. The molecule has 3 N–H and O–H groups in total. The first-order valence-corrected chi connectivity index (χ1v) is 11.6. The number of hydrogen-bond acceptors (Lipinski definition) is 6. The molecule has 1 heterocycles. The van der Waals surface area contributed by atoms with Crippen LogP contribution >= 0.6 is 0 Å². The van der Waals surface area contributed by atoms with E-state index in [2.05, 4.69) is 21.8 Å². The number of aliphatic hydroxyl groups excluding tert-OH is 2. The number of fused-ring (bicyclic) bond motifs is 1. The Hall–Kier alpha value is -2.44. The molecule has 2 aromatic rings. The van der Waals surface area contributed by atoms with Gasteiger partial charge in [-0.25, -0.2) is 13.1 Å². The predicted octanol–water partition coefficient (Wildman–Crippen LogP) is 2.36. The van der Waals surface area contributed by atoms with Gasteiger partial charge in [0, 0.05) is 25.3 Å². The molecule has 2 aromatic carbocycles. The van der Waals surface area contributed by atoms with Gasteiger partial charge in [-0.3, -0.25) is 0 Å². The fourth-order valence-corrected chi connectivity index (χ4v) is 4.69. The normalized spacial score (nSPS) is 16.4. The minimum Gasteiger partial charge on any atom is -0.394 e. The van der Waals surface area contributed by atoms with Gasteiger partial charge >= 0.3 is 0 Å². The van der Waals surface area contributed by atoms with E-state index in [-0.39, 0.29) is 13.0 Å². The Bertz CT molecular complexity index is 1050. The van der Waals surface area contributed by atoms with Gasteiger partial charge in [0.25, 0.3) is 0 Å². The fraction of sp³-hybridized carbons (Fsp3) is 0.409. The van der Waals surface area contributed by atoms with E-state index in [0.717, 1.165) is 29.3 Å². The highest BCUT2D eigenvalue weighted by Crippen LogP contribution is 2.28. The maximum absolute atomic E-state index is 12.3. The van der Waals surface area contributed by atoms with Crippen molar-refractivity contribution in [2.45, 2.75) is 31.8 Å². The standard InChI is InChI=1S/C22H27N3O4S/c23-9-8-20(16-30(28,29)24-14-22(27)15-26)18-4-5-19-13-21(7-6-17(19)12-18)25-10-2-1-3-11-25/h4-7,12-13,16,22,24,26-27H,1-3,8,10-11,14-15H2. The lowest BCUT2D eigenvalue weighted by atomic mass is 10.00. The lowest BCUT2D eigenvalue weighted by Crippen LogP contribution is -2.32. The highest BCUT2D eigenvalue weighted by molar-refractivity contribution is 7.92. The molecule has 30 heavy (non-hydrogen) atoms. The molecule has 0 spiro atoms. The Balaban J connectivity index is 1.87. The summed E-state index contributed by atoms with van der Waals surface area (Å²) in [7, 11) is -3.87. The summed E-state index contributed by atoms with van der Waals surface area (Å²) in [6, 6.07) is 13.9. The summed E-state index contributed by atoms with van der Waals surface area (Å²) >= 11 is 0. The number of hydrogen-bond donors (Lipinski definition) is 3. The highest BCUT2D eigenvalue weighted by atomic mass is 32.2. The van der Waals surface area contributed by atoms with Gasteiger partial charge in [-0.1, -0.05) is 18.2 Å². The monoisotopic (exact) mass is 429 g/mol. The number of benzene rings is 2. The van der Waals surface area contributed by atoms with E-state index in [0.29, 0.717) is 11.1 Å². The number of sulfonamides is 1. The summed E-state index contributed by atoms with van der Waals surface area (Å²) in [4.78, 5) is 2.39. The Kier molecular flexibility index (Phi) is 7.45. The van der Waals surface area contributed by atoms with Crippen molar-refractivity contribution in [1.29, 1.82) is 5.26 Å². The zero-order valence-electron chi connectivity index (χ0n) is 16.8. The van der Waals surface area contributed by atoms with Crippen molar-refractivity contribution in [1.82, 2.24) is 4.72 Å². The van der Waals surface area contributed by atoms with Gasteiger partial charge in [-0.05, 0) is 59.4 Å². The second-order valence-electron chi connectivity index (χ2n) is 7.50. The van der Waals surface area contributed by atoms with Gasteiger partial charge in [0.1, 0.15) is 0 Å². The largest absolute Gasteiger partial charge is 0.394 e. The van der Waals surface area contributed by atoms with Crippen LogP contribution in [0.2, 0.25) is 0 Å². The number of nitrogens with zero attached hydrogens (tertiary/aromatic N) is 2. The van der Waals surface area contributed by atoms with Crippen LogP contribution in [-0.4, -0.2) is 51.0 Å². The number of aliphatic hydroxyl groups is 2. The first-order valence-electron chi connectivity index (χ1n) is 10.1. The molecule has 0 amide bonds. The molecule has 1 unspecified atom stereocenters. The number of nitrogens with one attached hydrogen (secondary N) is 1. The molecule has 0 aliphatic carbocycles. The highest BCUT2D eigenvalue weighted by Gasteiger charge is 2.14. The maximum atomic E-state index is 12.3. The van der Waals surface area contributed by atoms with Crippen LogP contribution in [0.1, 0.15) is 31.2 Å². The topological polar surface area (TPSA) is 114 Å². The molecule has 7 nitrogen and oxygen atoms in total. The molecular formula is C22H27N3O4S. The van der Waals surface area contributed by atoms with Crippen molar-refractivity contribution in [3.63, 3.8) is 0 Å². The lowest BCUT2D eigenvalue weighted by Gasteiger charge is -2.29. The van der Waals surface area contributed by atoms with Crippen LogP contribution in [-0.2, 0) is 10.0 Å². The van der Waals surface area contributed by atoms with E-state index >= 15 is 0 Å². The van der Waals surface area contributed by atoms with E-state index in [1.807, 2.05) is 30.3 Å². The van der Waals surface area contributed by atoms with Crippen LogP contribution < -0.4 is 9.62 Å². The molecule has 8 heteroatoms. The van der Waals surface area contributed by atoms with Crippen molar-refractivity contribution in [2.24, 2.45) is 0 Å². The molecule has 160 valence electrons. The molecule has 0 aromatic heterocycles. The van der Waals surface area contributed by atoms with Crippen LogP contribution in [0, 0.1) is 11.3 Å². The van der Waals surface area contributed by atoms with E-state index in [9.17, 15) is 13.5 Å². The quantitative estimate of drug-likeness (QED) is 0.594. The van der Waals surface area contributed by atoms with E-state index in [1.54, 1.807) is 0 Å². The van der Waals surface area contributed by atoms with Crippen molar-refractivity contribution in [2.75, 3.05) is 31.1 Å². The molecule has 1 aliphatic rings. The number of nitriles is 1. The lowest BCUT2D eigenvalue weighted by molar-refractivity contribution is 0.0989. The van der Waals surface area contributed by atoms with Gasteiger partial charge in [0.15, 0.2) is 0 Å². The van der Waals surface area contributed by atoms with Gasteiger partial charge in [0.05, 0.1) is 30.6 Å². The third-order valence-corrected chi connectivity index (χ3v) is 6.38. The fourth-order valence-electron chi connectivity index (χ4n) is 3.58. The summed E-state index contributed by atoms with van der Waals surface area (Å²) in [5.41, 5.74) is 2.21. The minimum absolute atomic E-state index is 0.0686. The number of allylic oxidation sites excluding steroid dienone is 1. The second kappa shape index (κ2) is 10.0. The third-order valence-electron chi connectivity index (χ3n) is 5.21. The molecule has 1 fully saturated rings. The molecule has 1 atom stereocenters. The van der Waals surface area contributed by atoms with Crippen molar-refractivity contribution in [3.8, 4) is 6.07 Å². The molecule has 1 aliphatic heterocycles. The maximum Gasteiger partial charge on any atom is 0.234 e. The summed E-state index contributed by atoms with van der Waals surface area (Å²) in [5, 5.41) is 30.4. The van der Waals surface area contributed by atoms with E-state index in [1.165, 1.54) is 24.9 Å². The Labute approximate surface area is 177 Å². The number of anilines is 1. The predicted molar refractivity (Wildman–Crippen MR) is 118 cm³/mol. The second-order valence-corrected chi connectivity index (χ2v) is 9.12. The first-order chi connectivity index (χ1) is 14.4. The molecule has 3 rings (SSSR count). The van der Waals surface area contributed by atoms with Gasteiger partial charge < -0.3 is 15.1 Å². The van der Waals surface area contributed by atoms with Gasteiger partial charge in [-0.2, -0.15) is 5.26 Å². The SMILES string of the molecule is N#CCC(=CS(=O)(=O)NCC(O)CO)c1ccc2cc(N3CCCCC3)ccc2c1. The Morgan fingerprint density at radius 2 is 1.87 bits per heavy atom. The van der Waals surface area contributed by atoms with Crippen molar-refractivity contribution in [3.05, 3.63) is 47.4 Å².